The highest BCUT2D eigenvalue weighted by atomic mass is 35.5. The summed E-state index contributed by atoms with van der Waals surface area (Å²) >= 11 is 6.22. The van der Waals surface area contributed by atoms with Crippen molar-refractivity contribution in [1.82, 2.24) is 10.5 Å². The summed E-state index contributed by atoms with van der Waals surface area (Å²) in [5.41, 5.74) is 3.95. The number of methoxy groups -OCH3 is 1. The second kappa shape index (κ2) is 10.4. The van der Waals surface area contributed by atoms with Crippen molar-refractivity contribution in [3.05, 3.63) is 112 Å². The summed E-state index contributed by atoms with van der Waals surface area (Å²) in [6.07, 6.45) is 0. The van der Waals surface area contributed by atoms with Gasteiger partial charge in [0.05, 0.1) is 24.4 Å². The van der Waals surface area contributed by atoms with E-state index < -0.39 is 0 Å². The standard InChI is InChI=1S/C27H25ClN2O4/c1-17-23(18(2)34-30-17)16-33-24-13-12-21(15-25(24)32-3)27(31)29-26(19-8-5-4-6-9-19)20-10-7-11-22(28)14-20/h4-15,26H,16H2,1-3H3,(H,29,31). The second-order valence-electron chi connectivity index (χ2n) is 7.83. The number of rotatable bonds is 8. The highest BCUT2D eigenvalue weighted by Crippen LogP contribution is 2.30. The zero-order chi connectivity index (χ0) is 24.1. The number of carbonyl (C=O) groups excluding carboxylic acids is 1. The Balaban J connectivity index is 1.56. The SMILES string of the molecule is COc1cc(C(=O)NC(c2ccccc2)c2cccc(Cl)c2)ccc1OCc1c(C)noc1C. The van der Waals surface area contributed by atoms with Gasteiger partial charge in [0.25, 0.3) is 5.91 Å². The van der Waals surface area contributed by atoms with Gasteiger partial charge in [-0.1, -0.05) is 59.2 Å². The van der Waals surface area contributed by atoms with Crippen molar-refractivity contribution in [1.29, 1.82) is 0 Å². The van der Waals surface area contributed by atoms with E-state index in [1.165, 1.54) is 0 Å². The predicted octanol–water partition coefficient (Wildman–Crippen LogP) is 6.05. The molecule has 0 saturated carbocycles. The Morgan fingerprint density at radius 1 is 1.00 bits per heavy atom. The van der Waals surface area contributed by atoms with Gasteiger partial charge in [-0.3, -0.25) is 4.79 Å². The number of carbonyl (C=O) groups is 1. The number of nitrogens with zero attached hydrogens (tertiary/aromatic N) is 1. The summed E-state index contributed by atoms with van der Waals surface area (Å²) in [6.45, 7) is 3.99. The van der Waals surface area contributed by atoms with Crippen molar-refractivity contribution >= 4 is 17.5 Å². The molecular formula is C27H25ClN2O4. The van der Waals surface area contributed by atoms with Crippen molar-refractivity contribution in [2.24, 2.45) is 0 Å². The number of aromatic nitrogens is 1. The molecule has 0 spiro atoms. The minimum Gasteiger partial charge on any atom is -0.493 e. The van der Waals surface area contributed by atoms with Crippen molar-refractivity contribution in [3.8, 4) is 11.5 Å². The molecule has 3 aromatic carbocycles. The van der Waals surface area contributed by atoms with E-state index in [0.29, 0.717) is 27.8 Å². The molecule has 4 aromatic rings. The van der Waals surface area contributed by atoms with Crippen molar-refractivity contribution < 1.29 is 18.8 Å². The fraction of sp³-hybridized carbons (Fsp3) is 0.185. The van der Waals surface area contributed by atoms with Gasteiger partial charge < -0.3 is 19.3 Å². The lowest BCUT2D eigenvalue weighted by molar-refractivity contribution is 0.0942. The van der Waals surface area contributed by atoms with Crippen LogP contribution in [0.2, 0.25) is 5.02 Å². The molecule has 0 bridgehead atoms. The topological polar surface area (TPSA) is 73.6 Å². The molecule has 0 saturated heterocycles. The van der Waals surface area contributed by atoms with Crippen LogP contribution >= 0.6 is 11.6 Å². The Bertz CT molecular complexity index is 1270. The Kier molecular flexibility index (Phi) is 7.18. The van der Waals surface area contributed by atoms with Crippen LogP contribution in [0.3, 0.4) is 0 Å². The molecule has 0 aliphatic carbocycles. The molecule has 6 nitrogen and oxygen atoms in total. The summed E-state index contributed by atoms with van der Waals surface area (Å²) in [5, 5.41) is 7.67. The summed E-state index contributed by atoms with van der Waals surface area (Å²) in [5.74, 6) is 1.44. The van der Waals surface area contributed by atoms with Crippen LogP contribution in [-0.2, 0) is 6.61 Å². The van der Waals surface area contributed by atoms with E-state index in [9.17, 15) is 4.79 Å². The maximum Gasteiger partial charge on any atom is 0.252 e. The minimum absolute atomic E-state index is 0.246. The third-order valence-electron chi connectivity index (χ3n) is 5.57. The smallest absolute Gasteiger partial charge is 0.252 e. The van der Waals surface area contributed by atoms with Crippen LogP contribution in [0, 0.1) is 13.8 Å². The molecule has 1 N–H and O–H groups in total. The van der Waals surface area contributed by atoms with Gasteiger partial charge in [0.15, 0.2) is 11.5 Å². The van der Waals surface area contributed by atoms with Crippen LogP contribution < -0.4 is 14.8 Å². The summed E-state index contributed by atoms with van der Waals surface area (Å²) < 4.78 is 16.6. The first kappa shape index (κ1) is 23.4. The predicted molar refractivity (Wildman–Crippen MR) is 131 cm³/mol. The zero-order valence-electron chi connectivity index (χ0n) is 19.2. The molecule has 174 valence electrons. The van der Waals surface area contributed by atoms with E-state index in [1.54, 1.807) is 31.4 Å². The van der Waals surface area contributed by atoms with Crippen molar-refractivity contribution in [2.45, 2.75) is 26.5 Å². The summed E-state index contributed by atoms with van der Waals surface area (Å²) in [4.78, 5) is 13.2. The third kappa shape index (κ3) is 5.24. The van der Waals surface area contributed by atoms with Gasteiger partial charge in [0.2, 0.25) is 0 Å². The number of nitrogens with one attached hydrogen (secondary N) is 1. The molecule has 1 atom stereocenters. The molecule has 1 unspecified atom stereocenters. The largest absolute Gasteiger partial charge is 0.493 e. The fourth-order valence-corrected chi connectivity index (χ4v) is 3.89. The summed E-state index contributed by atoms with van der Waals surface area (Å²) in [7, 11) is 1.54. The number of halogens is 1. The zero-order valence-corrected chi connectivity index (χ0v) is 19.9. The number of amides is 1. The lowest BCUT2D eigenvalue weighted by Crippen LogP contribution is -2.29. The number of ether oxygens (including phenoxy) is 2. The van der Waals surface area contributed by atoms with Crippen LogP contribution in [0.15, 0.2) is 77.3 Å². The monoisotopic (exact) mass is 476 g/mol. The molecule has 1 amide bonds. The lowest BCUT2D eigenvalue weighted by atomic mass is 9.98. The van der Waals surface area contributed by atoms with Gasteiger partial charge in [-0.05, 0) is 55.3 Å². The van der Waals surface area contributed by atoms with Gasteiger partial charge in [-0.25, -0.2) is 0 Å². The first-order valence-corrected chi connectivity index (χ1v) is 11.2. The van der Waals surface area contributed by atoms with E-state index in [4.69, 9.17) is 25.6 Å². The summed E-state index contributed by atoms with van der Waals surface area (Å²) in [6, 6.07) is 22.0. The minimum atomic E-state index is -0.367. The van der Waals surface area contributed by atoms with Crippen LogP contribution in [0.4, 0.5) is 0 Å². The number of benzene rings is 3. The molecule has 0 aliphatic rings. The second-order valence-corrected chi connectivity index (χ2v) is 8.27. The van der Waals surface area contributed by atoms with Gasteiger partial charge in [0.1, 0.15) is 12.4 Å². The van der Waals surface area contributed by atoms with E-state index in [1.807, 2.05) is 62.4 Å². The molecule has 7 heteroatoms. The normalized spacial score (nSPS) is 11.6. The van der Waals surface area contributed by atoms with Gasteiger partial charge in [-0.2, -0.15) is 0 Å². The van der Waals surface area contributed by atoms with E-state index >= 15 is 0 Å². The number of hydrogen-bond acceptors (Lipinski definition) is 5. The molecule has 0 radical (unpaired) electrons. The molecule has 0 aliphatic heterocycles. The Labute approximate surface area is 203 Å². The Hall–Kier alpha value is -3.77. The number of aryl methyl sites for hydroxylation is 2. The van der Waals surface area contributed by atoms with Gasteiger partial charge in [0, 0.05) is 10.6 Å². The molecule has 1 aromatic heterocycles. The van der Waals surface area contributed by atoms with Crippen LogP contribution in [0.25, 0.3) is 0 Å². The van der Waals surface area contributed by atoms with Crippen LogP contribution in [0.1, 0.15) is 44.5 Å². The molecule has 1 heterocycles. The Morgan fingerprint density at radius 2 is 1.76 bits per heavy atom. The maximum atomic E-state index is 13.2. The molecule has 34 heavy (non-hydrogen) atoms. The van der Waals surface area contributed by atoms with Gasteiger partial charge in [-0.15, -0.1) is 0 Å². The Morgan fingerprint density at radius 3 is 2.44 bits per heavy atom. The maximum absolute atomic E-state index is 13.2. The van der Waals surface area contributed by atoms with Crippen molar-refractivity contribution in [2.75, 3.05) is 7.11 Å². The highest BCUT2D eigenvalue weighted by molar-refractivity contribution is 6.30. The first-order chi connectivity index (χ1) is 16.5. The van der Waals surface area contributed by atoms with E-state index in [0.717, 1.165) is 22.4 Å². The first-order valence-electron chi connectivity index (χ1n) is 10.8. The fourth-order valence-electron chi connectivity index (χ4n) is 3.69. The average molecular weight is 477 g/mol. The van der Waals surface area contributed by atoms with Crippen molar-refractivity contribution in [3.63, 3.8) is 0 Å². The van der Waals surface area contributed by atoms with Crippen LogP contribution in [-0.4, -0.2) is 18.2 Å². The highest BCUT2D eigenvalue weighted by Gasteiger charge is 2.20. The average Bonchev–Trinajstić information content (AvgIpc) is 3.18. The molecule has 0 fully saturated rings. The van der Waals surface area contributed by atoms with E-state index in [-0.39, 0.29) is 18.6 Å². The van der Waals surface area contributed by atoms with Gasteiger partial charge >= 0.3 is 0 Å². The quantitative estimate of drug-likeness (QED) is 0.335. The lowest BCUT2D eigenvalue weighted by Gasteiger charge is -2.20. The third-order valence-corrected chi connectivity index (χ3v) is 5.80. The molecule has 4 rings (SSSR count). The molecular weight excluding hydrogens is 452 g/mol. The number of hydrogen-bond donors (Lipinski definition) is 1. The van der Waals surface area contributed by atoms with Crippen LogP contribution in [0.5, 0.6) is 11.5 Å². The van der Waals surface area contributed by atoms with E-state index in [2.05, 4.69) is 10.5 Å².